The number of amides is 1. The fourth-order valence-corrected chi connectivity index (χ4v) is 2.33. The molecule has 0 radical (unpaired) electrons. The van der Waals surface area contributed by atoms with E-state index in [-0.39, 0.29) is 5.91 Å². The second-order valence-electron chi connectivity index (χ2n) is 5.14. The Morgan fingerprint density at radius 2 is 1.83 bits per heavy atom. The summed E-state index contributed by atoms with van der Waals surface area (Å²) in [4.78, 5) is 12.0. The zero-order valence-corrected chi connectivity index (χ0v) is 13.5. The van der Waals surface area contributed by atoms with Gasteiger partial charge >= 0.3 is 0 Å². The number of para-hydroxylation sites is 1. The van der Waals surface area contributed by atoms with Crippen molar-refractivity contribution in [2.75, 3.05) is 26.5 Å². The van der Waals surface area contributed by atoms with E-state index in [2.05, 4.69) is 5.32 Å². The summed E-state index contributed by atoms with van der Waals surface area (Å²) in [7, 11) is 3.23. The summed E-state index contributed by atoms with van der Waals surface area (Å²) in [6, 6.07) is 12.9. The van der Waals surface area contributed by atoms with Crippen molar-refractivity contribution >= 4 is 11.6 Å². The zero-order chi connectivity index (χ0) is 16.7. The third-order valence-electron chi connectivity index (χ3n) is 3.58. The number of anilines is 1. The number of hydrogen-bond acceptors (Lipinski definition) is 4. The number of ether oxygens (including phenoxy) is 2. The minimum atomic E-state index is -0.143. The maximum atomic E-state index is 12.0. The largest absolute Gasteiger partial charge is 0.493 e. The first-order valence-electron chi connectivity index (χ1n) is 7.49. The number of aryl methyl sites for hydroxylation is 1. The van der Waals surface area contributed by atoms with E-state index in [1.165, 1.54) is 0 Å². The SMILES string of the molecule is COc1ccc(CCCNC(=O)c2ccccc2N)cc1OC. The molecule has 2 aromatic rings. The third kappa shape index (κ3) is 4.39. The van der Waals surface area contributed by atoms with Crippen LogP contribution in [0.2, 0.25) is 0 Å². The Morgan fingerprint density at radius 1 is 1.09 bits per heavy atom. The second kappa shape index (κ2) is 8.08. The lowest BCUT2D eigenvalue weighted by Crippen LogP contribution is -2.25. The Hall–Kier alpha value is -2.69. The van der Waals surface area contributed by atoms with Crippen LogP contribution in [0.5, 0.6) is 11.5 Å². The van der Waals surface area contributed by atoms with E-state index in [9.17, 15) is 4.79 Å². The van der Waals surface area contributed by atoms with Crippen molar-refractivity contribution in [3.8, 4) is 11.5 Å². The Kier molecular flexibility index (Phi) is 5.86. The first-order chi connectivity index (χ1) is 11.2. The van der Waals surface area contributed by atoms with Gasteiger partial charge in [0.1, 0.15) is 0 Å². The van der Waals surface area contributed by atoms with Crippen molar-refractivity contribution in [1.82, 2.24) is 5.32 Å². The molecule has 0 unspecified atom stereocenters. The molecule has 1 amide bonds. The lowest BCUT2D eigenvalue weighted by Gasteiger charge is -2.10. The Labute approximate surface area is 136 Å². The van der Waals surface area contributed by atoms with Crippen molar-refractivity contribution in [2.45, 2.75) is 12.8 Å². The zero-order valence-electron chi connectivity index (χ0n) is 13.5. The molecule has 2 rings (SSSR count). The van der Waals surface area contributed by atoms with Gasteiger partial charge in [0.25, 0.3) is 5.91 Å². The van der Waals surface area contributed by atoms with E-state index in [4.69, 9.17) is 15.2 Å². The Balaban J connectivity index is 1.84. The molecule has 3 N–H and O–H groups in total. The van der Waals surface area contributed by atoms with E-state index in [1.54, 1.807) is 32.4 Å². The minimum Gasteiger partial charge on any atom is -0.493 e. The lowest BCUT2D eigenvalue weighted by molar-refractivity contribution is 0.0954. The fourth-order valence-electron chi connectivity index (χ4n) is 2.33. The van der Waals surface area contributed by atoms with E-state index >= 15 is 0 Å². The molecule has 0 saturated heterocycles. The number of hydrogen-bond donors (Lipinski definition) is 2. The van der Waals surface area contributed by atoms with Crippen molar-refractivity contribution in [3.63, 3.8) is 0 Å². The molecule has 0 bridgehead atoms. The number of carbonyl (C=O) groups is 1. The van der Waals surface area contributed by atoms with Crippen LogP contribution in [0.3, 0.4) is 0 Å². The molecule has 0 spiro atoms. The minimum absolute atomic E-state index is 0.143. The van der Waals surface area contributed by atoms with Crippen LogP contribution in [0.25, 0.3) is 0 Å². The van der Waals surface area contributed by atoms with Gasteiger partial charge in [0, 0.05) is 12.2 Å². The van der Waals surface area contributed by atoms with Gasteiger partial charge in [-0.2, -0.15) is 0 Å². The van der Waals surface area contributed by atoms with Gasteiger partial charge in [-0.15, -0.1) is 0 Å². The molecule has 0 heterocycles. The van der Waals surface area contributed by atoms with Crippen LogP contribution in [0, 0.1) is 0 Å². The Bertz CT molecular complexity index is 671. The number of methoxy groups -OCH3 is 2. The van der Waals surface area contributed by atoms with Crippen LogP contribution in [-0.4, -0.2) is 26.7 Å². The van der Waals surface area contributed by atoms with Gasteiger partial charge in [0.15, 0.2) is 11.5 Å². The van der Waals surface area contributed by atoms with Crippen LogP contribution in [0.1, 0.15) is 22.3 Å². The standard InChI is InChI=1S/C18H22N2O3/c1-22-16-10-9-13(12-17(16)23-2)6-5-11-20-18(21)14-7-3-4-8-15(14)19/h3-4,7-10,12H,5-6,11,19H2,1-2H3,(H,20,21). The average molecular weight is 314 g/mol. The smallest absolute Gasteiger partial charge is 0.253 e. The summed E-state index contributed by atoms with van der Waals surface area (Å²) in [5, 5.41) is 2.89. The summed E-state index contributed by atoms with van der Waals surface area (Å²) < 4.78 is 10.5. The van der Waals surface area contributed by atoms with Gasteiger partial charge in [-0.05, 0) is 42.7 Å². The number of nitrogen functional groups attached to an aromatic ring is 1. The monoisotopic (exact) mass is 314 g/mol. The van der Waals surface area contributed by atoms with Crippen LogP contribution in [0.15, 0.2) is 42.5 Å². The number of nitrogens with one attached hydrogen (secondary N) is 1. The first kappa shape index (κ1) is 16.7. The normalized spacial score (nSPS) is 10.2. The first-order valence-corrected chi connectivity index (χ1v) is 7.49. The highest BCUT2D eigenvalue weighted by Gasteiger charge is 2.08. The van der Waals surface area contributed by atoms with E-state index in [0.29, 0.717) is 29.3 Å². The van der Waals surface area contributed by atoms with Gasteiger partial charge < -0.3 is 20.5 Å². The number of rotatable bonds is 7. The summed E-state index contributed by atoms with van der Waals surface area (Å²) in [6.07, 6.45) is 1.67. The van der Waals surface area contributed by atoms with Crippen molar-refractivity contribution in [3.05, 3.63) is 53.6 Å². The molecular weight excluding hydrogens is 292 g/mol. The highest BCUT2D eigenvalue weighted by molar-refractivity contribution is 5.99. The quantitative estimate of drug-likeness (QED) is 0.608. The third-order valence-corrected chi connectivity index (χ3v) is 3.58. The molecule has 0 saturated carbocycles. The molecule has 5 heteroatoms. The predicted molar refractivity (Wildman–Crippen MR) is 91.1 cm³/mol. The molecule has 0 atom stereocenters. The van der Waals surface area contributed by atoms with Crippen molar-refractivity contribution in [1.29, 1.82) is 0 Å². The van der Waals surface area contributed by atoms with Crippen molar-refractivity contribution < 1.29 is 14.3 Å². The lowest BCUT2D eigenvalue weighted by atomic mass is 10.1. The second-order valence-corrected chi connectivity index (χ2v) is 5.14. The van der Waals surface area contributed by atoms with Crippen molar-refractivity contribution in [2.24, 2.45) is 0 Å². The van der Waals surface area contributed by atoms with Gasteiger partial charge in [0.05, 0.1) is 19.8 Å². The van der Waals surface area contributed by atoms with E-state index in [1.807, 2.05) is 24.3 Å². The molecule has 122 valence electrons. The van der Waals surface area contributed by atoms with Gasteiger partial charge in [-0.25, -0.2) is 0 Å². The molecular formula is C18H22N2O3. The number of nitrogens with two attached hydrogens (primary N) is 1. The molecule has 0 aliphatic carbocycles. The predicted octanol–water partition coefficient (Wildman–Crippen LogP) is 2.65. The average Bonchev–Trinajstić information content (AvgIpc) is 2.58. The van der Waals surface area contributed by atoms with Crippen LogP contribution in [-0.2, 0) is 6.42 Å². The Morgan fingerprint density at radius 3 is 2.52 bits per heavy atom. The van der Waals surface area contributed by atoms with Gasteiger partial charge in [0.2, 0.25) is 0 Å². The summed E-state index contributed by atoms with van der Waals surface area (Å²) >= 11 is 0. The number of benzene rings is 2. The maximum absolute atomic E-state index is 12.0. The number of carbonyl (C=O) groups excluding carboxylic acids is 1. The molecule has 0 fully saturated rings. The summed E-state index contributed by atoms with van der Waals surface area (Å²) in [6.45, 7) is 0.585. The molecule has 0 aliphatic rings. The molecule has 5 nitrogen and oxygen atoms in total. The summed E-state index contributed by atoms with van der Waals surface area (Å²) in [5.74, 6) is 1.28. The molecule has 0 aromatic heterocycles. The highest BCUT2D eigenvalue weighted by atomic mass is 16.5. The maximum Gasteiger partial charge on any atom is 0.253 e. The molecule has 23 heavy (non-hydrogen) atoms. The van der Waals surface area contributed by atoms with E-state index < -0.39 is 0 Å². The van der Waals surface area contributed by atoms with Gasteiger partial charge in [-0.1, -0.05) is 18.2 Å². The van der Waals surface area contributed by atoms with Crippen LogP contribution >= 0.6 is 0 Å². The highest BCUT2D eigenvalue weighted by Crippen LogP contribution is 2.27. The topological polar surface area (TPSA) is 73.6 Å². The van der Waals surface area contributed by atoms with Gasteiger partial charge in [-0.3, -0.25) is 4.79 Å². The van der Waals surface area contributed by atoms with E-state index in [0.717, 1.165) is 18.4 Å². The van der Waals surface area contributed by atoms with Crippen LogP contribution < -0.4 is 20.5 Å². The summed E-state index contributed by atoms with van der Waals surface area (Å²) in [5.41, 5.74) is 7.93. The molecule has 0 aliphatic heterocycles. The fraction of sp³-hybridized carbons (Fsp3) is 0.278. The molecule has 2 aromatic carbocycles. The van der Waals surface area contributed by atoms with Crippen LogP contribution in [0.4, 0.5) is 5.69 Å².